The third-order valence-corrected chi connectivity index (χ3v) is 7.53. The van der Waals surface area contributed by atoms with Crippen LogP contribution in [0.3, 0.4) is 0 Å². The first-order valence-electron chi connectivity index (χ1n) is 10.0. The Hall–Kier alpha value is -2.49. The van der Waals surface area contributed by atoms with Gasteiger partial charge in [-0.2, -0.15) is 0 Å². The maximum atomic E-state index is 12.8. The molecule has 2 aromatic rings. The van der Waals surface area contributed by atoms with Gasteiger partial charge in [0.1, 0.15) is 0 Å². The summed E-state index contributed by atoms with van der Waals surface area (Å²) in [6.07, 6.45) is 2.28. The molecule has 1 saturated heterocycles. The Kier molecular flexibility index (Phi) is 7.64. The molecule has 0 aromatic heterocycles. The number of non-ortho nitro benzene ring substituents is 1. The van der Waals surface area contributed by atoms with Gasteiger partial charge in [0.15, 0.2) is 0 Å². The standard InChI is InChI=1S/C21H24ClN3O5S/c22-19-11-10-18(25(27)28)14-20(19)23-21(26)17-9-4-12-24(15-17)31(29,30)13-5-8-16-6-2-1-3-7-16/h1-3,6-7,10-11,14,17H,4-5,8-9,12-13,15H2,(H,23,26)/t17-/m0/s1. The number of nitrogens with one attached hydrogen (secondary N) is 1. The van der Waals surface area contributed by atoms with Crippen molar-refractivity contribution in [3.63, 3.8) is 0 Å². The lowest BCUT2D eigenvalue weighted by Crippen LogP contribution is -2.44. The Balaban J connectivity index is 1.59. The minimum atomic E-state index is -3.48. The van der Waals surface area contributed by atoms with Crippen LogP contribution < -0.4 is 5.32 Å². The fourth-order valence-electron chi connectivity index (χ4n) is 3.60. The fourth-order valence-corrected chi connectivity index (χ4v) is 5.35. The summed E-state index contributed by atoms with van der Waals surface area (Å²) < 4.78 is 26.9. The van der Waals surface area contributed by atoms with Gasteiger partial charge in [0.2, 0.25) is 15.9 Å². The van der Waals surface area contributed by atoms with Crippen LogP contribution in [-0.2, 0) is 21.2 Å². The molecule has 1 aliphatic heterocycles. The van der Waals surface area contributed by atoms with Crippen molar-refractivity contribution in [3.8, 4) is 0 Å². The summed E-state index contributed by atoms with van der Waals surface area (Å²) in [5.41, 5.74) is 1.04. The van der Waals surface area contributed by atoms with Gasteiger partial charge in [-0.3, -0.25) is 14.9 Å². The minimum Gasteiger partial charge on any atom is -0.324 e. The molecule has 0 saturated carbocycles. The first-order valence-corrected chi connectivity index (χ1v) is 12.0. The SMILES string of the molecule is O=C(Nc1cc([N+](=O)[O-])ccc1Cl)[C@H]1CCCN(S(=O)(=O)CCCc2ccccc2)C1. The van der Waals surface area contributed by atoms with Crippen LogP contribution in [0.4, 0.5) is 11.4 Å². The molecular weight excluding hydrogens is 442 g/mol. The number of piperidine rings is 1. The molecule has 1 amide bonds. The first-order chi connectivity index (χ1) is 14.8. The van der Waals surface area contributed by atoms with Gasteiger partial charge in [-0.05, 0) is 37.3 Å². The number of nitro groups is 1. The van der Waals surface area contributed by atoms with Gasteiger partial charge in [-0.25, -0.2) is 12.7 Å². The molecule has 166 valence electrons. The van der Waals surface area contributed by atoms with Crippen molar-refractivity contribution in [1.29, 1.82) is 0 Å². The third kappa shape index (κ3) is 6.25. The van der Waals surface area contributed by atoms with Crippen LogP contribution in [-0.4, -0.2) is 42.4 Å². The highest BCUT2D eigenvalue weighted by Gasteiger charge is 2.32. The molecule has 1 atom stereocenters. The monoisotopic (exact) mass is 465 g/mol. The normalized spacial score (nSPS) is 17.3. The number of carbonyl (C=O) groups is 1. The number of amides is 1. The number of carbonyl (C=O) groups excluding carboxylic acids is 1. The summed E-state index contributed by atoms with van der Waals surface area (Å²) in [5, 5.41) is 13.8. The zero-order chi connectivity index (χ0) is 22.4. The van der Waals surface area contributed by atoms with Gasteiger partial charge in [-0.15, -0.1) is 0 Å². The van der Waals surface area contributed by atoms with E-state index in [-0.39, 0.29) is 28.7 Å². The molecule has 0 spiro atoms. The molecule has 8 nitrogen and oxygen atoms in total. The Morgan fingerprint density at radius 2 is 1.97 bits per heavy atom. The number of hydrogen-bond donors (Lipinski definition) is 1. The number of nitrogens with zero attached hydrogens (tertiary/aromatic N) is 2. The van der Waals surface area contributed by atoms with Crippen LogP contribution in [0.15, 0.2) is 48.5 Å². The number of benzene rings is 2. The molecule has 0 unspecified atom stereocenters. The first kappa shape index (κ1) is 23.2. The highest BCUT2D eigenvalue weighted by Crippen LogP contribution is 2.28. The second-order valence-electron chi connectivity index (χ2n) is 7.51. The lowest BCUT2D eigenvalue weighted by Gasteiger charge is -2.31. The van der Waals surface area contributed by atoms with Crippen molar-refractivity contribution in [2.45, 2.75) is 25.7 Å². The van der Waals surface area contributed by atoms with Gasteiger partial charge in [0.25, 0.3) is 5.69 Å². The summed E-state index contributed by atoms with van der Waals surface area (Å²) in [6, 6.07) is 13.5. The molecule has 1 fully saturated rings. The quantitative estimate of drug-likeness (QED) is 0.470. The van der Waals surface area contributed by atoms with E-state index in [0.29, 0.717) is 32.2 Å². The van der Waals surface area contributed by atoms with Crippen molar-refractivity contribution in [3.05, 3.63) is 69.2 Å². The zero-order valence-corrected chi connectivity index (χ0v) is 18.4. The number of halogens is 1. The lowest BCUT2D eigenvalue weighted by molar-refractivity contribution is -0.384. The average Bonchev–Trinajstić information content (AvgIpc) is 2.76. The zero-order valence-electron chi connectivity index (χ0n) is 16.9. The molecule has 1 heterocycles. The van der Waals surface area contributed by atoms with E-state index in [1.54, 1.807) is 0 Å². The number of anilines is 1. The van der Waals surface area contributed by atoms with Crippen molar-refractivity contribution in [1.82, 2.24) is 4.31 Å². The van der Waals surface area contributed by atoms with Crippen molar-refractivity contribution < 1.29 is 18.1 Å². The van der Waals surface area contributed by atoms with Crippen LogP contribution in [0, 0.1) is 16.0 Å². The highest BCUT2D eigenvalue weighted by molar-refractivity contribution is 7.89. The number of aryl methyl sites for hydroxylation is 1. The van der Waals surface area contributed by atoms with E-state index in [0.717, 1.165) is 5.56 Å². The molecule has 0 bridgehead atoms. The van der Waals surface area contributed by atoms with Gasteiger partial charge < -0.3 is 5.32 Å². The lowest BCUT2D eigenvalue weighted by atomic mass is 9.98. The molecule has 3 rings (SSSR count). The number of nitro benzene ring substituents is 1. The van der Waals surface area contributed by atoms with E-state index >= 15 is 0 Å². The number of hydrogen-bond acceptors (Lipinski definition) is 5. The molecule has 31 heavy (non-hydrogen) atoms. The summed E-state index contributed by atoms with van der Waals surface area (Å²) in [7, 11) is -3.48. The van der Waals surface area contributed by atoms with Gasteiger partial charge >= 0.3 is 0 Å². The Morgan fingerprint density at radius 3 is 2.68 bits per heavy atom. The number of rotatable bonds is 8. The average molecular weight is 466 g/mol. The van der Waals surface area contributed by atoms with Crippen LogP contribution in [0.1, 0.15) is 24.8 Å². The summed E-state index contributed by atoms with van der Waals surface area (Å²) in [4.78, 5) is 23.1. The largest absolute Gasteiger partial charge is 0.324 e. The predicted octanol–water partition coefficient (Wildman–Crippen LogP) is 3.86. The maximum absolute atomic E-state index is 12.8. The minimum absolute atomic E-state index is 0.0208. The van der Waals surface area contributed by atoms with Crippen molar-refractivity contribution in [2.75, 3.05) is 24.2 Å². The van der Waals surface area contributed by atoms with E-state index in [4.69, 9.17) is 11.6 Å². The van der Waals surface area contributed by atoms with Crippen LogP contribution >= 0.6 is 11.6 Å². The summed E-state index contributed by atoms with van der Waals surface area (Å²) in [5.74, 6) is -0.924. The maximum Gasteiger partial charge on any atom is 0.271 e. The topological polar surface area (TPSA) is 110 Å². The van der Waals surface area contributed by atoms with Gasteiger partial charge in [-0.1, -0.05) is 41.9 Å². The van der Waals surface area contributed by atoms with Crippen molar-refractivity contribution >= 4 is 38.9 Å². The second-order valence-corrected chi connectivity index (χ2v) is 10.0. The molecule has 10 heteroatoms. The predicted molar refractivity (Wildman–Crippen MR) is 120 cm³/mol. The molecule has 1 N–H and O–H groups in total. The van der Waals surface area contributed by atoms with E-state index < -0.39 is 26.8 Å². The van der Waals surface area contributed by atoms with E-state index in [2.05, 4.69) is 5.32 Å². The summed E-state index contributed by atoms with van der Waals surface area (Å²) in [6.45, 7) is 0.473. The van der Waals surface area contributed by atoms with Crippen LogP contribution in [0.25, 0.3) is 0 Å². The molecule has 0 radical (unpaired) electrons. The summed E-state index contributed by atoms with van der Waals surface area (Å²) >= 11 is 6.05. The highest BCUT2D eigenvalue weighted by atomic mass is 35.5. The Labute approximate surface area is 186 Å². The fraction of sp³-hybridized carbons (Fsp3) is 0.381. The molecular formula is C21H24ClN3O5S. The van der Waals surface area contributed by atoms with Crippen molar-refractivity contribution in [2.24, 2.45) is 5.92 Å². The third-order valence-electron chi connectivity index (χ3n) is 5.28. The Bertz CT molecular complexity index is 1050. The molecule has 2 aromatic carbocycles. The molecule has 0 aliphatic carbocycles. The van der Waals surface area contributed by atoms with E-state index in [1.165, 1.54) is 22.5 Å². The number of sulfonamides is 1. The van der Waals surface area contributed by atoms with Crippen LogP contribution in [0.5, 0.6) is 0 Å². The Morgan fingerprint density at radius 1 is 1.23 bits per heavy atom. The second kappa shape index (κ2) is 10.2. The van der Waals surface area contributed by atoms with Gasteiger partial charge in [0, 0.05) is 25.2 Å². The van der Waals surface area contributed by atoms with E-state index in [1.807, 2.05) is 30.3 Å². The van der Waals surface area contributed by atoms with Gasteiger partial charge in [0.05, 0.1) is 27.3 Å². The molecule has 1 aliphatic rings. The van der Waals surface area contributed by atoms with Crippen LogP contribution in [0.2, 0.25) is 5.02 Å². The smallest absolute Gasteiger partial charge is 0.271 e. The van der Waals surface area contributed by atoms with E-state index in [9.17, 15) is 23.3 Å².